The predicted molar refractivity (Wildman–Crippen MR) is 142 cm³/mol. The number of alkyl carbamates (subject to hydrolysis) is 1. The molecule has 11 nitrogen and oxygen atoms in total. The van der Waals surface area contributed by atoms with Gasteiger partial charge >= 0.3 is 6.09 Å². The Labute approximate surface area is 218 Å². The molecule has 0 atom stereocenters. The third kappa shape index (κ3) is 8.06. The standard InChI is InChI=1S/C25H37N5O6S/c1-25(2,3)36-24(31)27-15-17-5-7-19(8-6-17)35-23-20-13-18(29-37(4,32)33)16-26-21(20)14-22(28-23)30-9-11-34-12-10-30/h13-14,16-17,19,29H,5-12,15H2,1-4H3,(H,27,31). The van der Waals surface area contributed by atoms with Crippen molar-refractivity contribution in [3.63, 3.8) is 0 Å². The summed E-state index contributed by atoms with van der Waals surface area (Å²) in [5.41, 5.74) is 0.519. The molecule has 2 N–H and O–H groups in total. The highest BCUT2D eigenvalue weighted by molar-refractivity contribution is 7.92. The van der Waals surface area contributed by atoms with Crippen LogP contribution >= 0.6 is 0 Å². The second-order valence-electron chi connectivity index (χ2n) is 10.7. The van der Waals surface area contributed by atoms with Crippen LogP contribution in [0.5, 0.6) is 5.88 Å². The Bertz CT molecular complexity index is 1200. The van der Waals surface area contributed by atoms with Gasteiger partial charge in [-0.1, -0.05) is 0 Å². The second kappa shape index (κ2) is 11.3. The van der Waals surface area contributed by atoms with Gasteiger partial charge in [-0.2, -0.15) is 4.98 Å². The molecule has 37 heavy (non-hydrogen) atoms. The molecule has 0 radical (unpaired) electrons. The Kier molecular flexibility index (Phi) is 8.27. The molecule has 4 rings (SSSR count). The van der Waals surface area contributed by atoms with E-state index in [1.165, 1.54) is 6.20 Å². The van der Waals surface area contributed by atoms with Gasteiger partial charge in [-0.25, -0.2) is 13.2 Å². The first-order valence-corrected chi connectivity index (χ1v) is 14.6. The van der Waals surface area contributed by atoms with Gasteiger partial charge in [0.15, 0.2) is 0 Å². The zero-order valence-corrected chi connectivity index (χ0v) is 22.8. The Morgan fingerprint density at radius 3 is 2.51 bits per heavy atom. The summed E-state index contributed by atoms with van der Waals surface area (Å²) in [4.78, 5) is 23.4. The summed E-state index contributed by atoms with van der Waals surface area (Å²) in [6, 6.07) is 3.61. The summed E-state index contributed by atoms with van der Waals surface area (Å²) in [6.07, 6.45) is 5.61. The number of nitrogens with one attached hydrogen (secondary N) is 2. The Morgan fingerprint density at radius 1 is 1.16 bits per heavy atom. The molecule has 3 heterocycles. The van der Waals surface area contributed by atoms with Crippen molar-refractivity contribution in [2.45, 2.75) is 58.2 Å². The SMILES string of the molecule is CC(C)(C)OC(=O)NCC1CCC(Oc2nc(N3CCOCC3)cc3ncc(NS(C)(=O)=O)cc23)CC1. The Hall–Kier alpha value is -2.86. The fourth-order valence-electron chi connectivity index (χ4n) is 4.55. The number of ether oxygens (including phenoxy) is 3. The molecule has 1 saturated heterocycles. The van der Waals surface area contributed by atoms with E-state index < -0.39 is 21.7 Å². The third-order valence-electron chi connectivity index (χ3n) is 6.28. The van der Waals surface area contributed by atoms with Crippen molar-refractivity contribution < 1.29 is 27.4 Å². The van der Waals surface area contributed by atoms with Crippen LogP contribution in [-0.2, 0) is 19.5 Å². The number of hydrogen-bond acceptors (Lipinski definition) is 9. The zero-order valence-electron chi connectivity index (χ0n) is 22.0. The molecule has 0 bridgehead atoms. The number of pyridine rings is 2. The molecule has 0 aromatic carbocycles. The molecular weight excluding hydrogens is 498 g/mol. The summed E-state index contributed by atoms with van der Waals surface area (Å²) < 4.78 is 43.2. The van der Waals surface area contributed by atoms with Crippen molar-refractivity contribution >= 4 is 38.5 Å². The molecule has 204 valence electrons. The van der Waals surface area contributed by atoms with Crippen LogP contribution < -0.4 is 19.7 Å². The molecule has 1 saturated carbocycles. The number of anilines is 2. The molecule has 2 aromatic heterocycles. The Balaban J connectivity index is 1.47. The molecule has 2 fully saturated rings. The molecule has 0 unspecified atom stereocenters. The highest BCUT2D eigenvalue weighted by atomic mass is 32.2. The van der Waals surface area contributed by atoms with E-state index in [1.54, 1.807) is 6.07 Å². The van der Waals surface area contributed by atoms with Crippen molar-refractivity contribution in [1.82, 2.24) is 15.3 Å². The number of aromatic nitrogens is 2. The Morgan fingerprint density at radius 2 is 1.86 bits per heavy atom. The number of sulfonamides is 1. The molecule has 1 aliphatic carbocycles. The molecule has 12 heteroatoms. The zero-order chi connectivity index (χ0) is 26.6. The number of carbonyl (C=O) groups excluding carboxylic acids is 1. The van der Waals surface area contributed by atoms with Crippen LogP contribution in [0.3, 0.4) is 0 Å². The largest absolute Gasteiger partial charge is 0.474 e. The van der Waals surface area contributed by atoms with E-state index in [0.29, 0.717) is 48.1 Å². The van der Waals surface area contributed by atoms with Gasteiger partial charge in [0.05, 0.1) is 42.3 Å². The number of carbonyl (C=O) groups is 1. The minimum atomic E-state index is -3.45. The minimum Gasteiger partial charge on any atom is -0.474 e. The maximum Gasteiger partial charge on any atom is 0.407 e. The average Bonchev–Trinajstić information content (AvgIpc) is 2.82. The third-order valence-corrected chi connectivity index (χ3v) is 6.88. The van der Waals surface area contributed by atoms with Gasteiger partial charge in [0.1, 0.15) is 17.5 Å². The monoisotopic (exact) mass is 535 g/mol. The van der Waals surface area contributed by atoms with Crippen LogP contribution in [0.1, 0.15) is 46.5 Å². The van der Waals surface area contributed by atoms with Crippen LogP contribution in [0.15, 0.2) is 18.3 Å². The van der Waals surface area contributed by atoms with Crippen LogP contribution in [0, 0.1) is 5.92 Å². The number of rotatable bonds is 7. The van der Waals surface area contributed by atoms with Gasteiger partial charge in [-0.3, -0.25) is 9.71 Å². The summed E-state index contributed by atoms with van der Waals surface area (Å²) in [6.45, 7) is 8.80. The van der Waals surface area contributed by atoms with E-state index in [0.717, 1.165) is 50.8 Å². The summed E-state index contributed by atoms with van der Waals surface area (Å²) in [5, 5.41) is 3.52. The first-order chi connectivity index (χ1) is 17.4. The van der Waals surface area contributed by atoms with E-state index in [1.807, 2.05) is 26.8 Å². The van der Waals surface area contributed by atoms with Crippen LogP contribution in [0.25, 0.3) is 10.9 Å². The van der Waals surface area contributed by atoms with Gasteiger partial charge in [0.25, 0.3) is 0 Å². The average molecular weight is 536 g/mol. The second-order valence-corrected chi connectivity index (χ2v) is 12.4. The first kappa shape index (κ1) is 27.2. The topological polar surface area (TPSA) is 132 Å². The lowest BCUT2D eigenvalue weighted by molar-refractivity contribution is 0.0507. The molecule has 2 aliphatic rings. The van der Waals surface area contributed by atoms with E-state index in [2.05, 4.69) is 19.9 Å². The minimum absolute atomic E-state index is 0.0417. The van der Waals surface area contributed by atoms with Gasteiger partial charge in [-0.15, -0.1) is 0 Å². The first-order valence-electron chi connectivity index (χ1n) is 12.7. The number of morpholine rings is 1. The van der Waals surface area contributed by atoms with Crippen molar-refractivity contribution in [2.24, 2.45) is 5.92 Å². The predicted octanol–water partition coefficient (Wildman–Crippen LogP) is 3.30. The van der Waals surface area contributed by atoms with Crippen LogP contribution in [0.4, 0.5) is 16.3 Å². The lowest BCUT2D eigenvalue weighted by Crippen LogP contribution is -2.37. The highest BCUT2D eigenvalue weighted by Gasteiger charge is 2.26. The van der Waals surface area contributed by atoms with Crippen LogP contribution in [0.2, 0.25) is 0 Å². The van der Waals surface area contributed by atoms with E-state index >= 15 is 0 Å². The molecule has 2 aromatic rings. The molecule has 0 spiro atoms. The summed E-state index contributed by atoms with van der Waals surface area (Å²) in [7, 11) is -3.45. The number of hydrogen-bond donors (Lipinski definition) is 2. The van der Waals surface area contributed by atoms with Crippen molar-refractivity contribution in [3.05, 3.63) is 18.3 Å². The van der Waals surface area contributed by atoms with Gasteiger partial charge in [0.2, 0.25) is 15.9 Å². The van der Waals surface area contributed by atoms with Crippen LogP contribution in [-0.4, -0.2) is 75.3 Å². The van der Waals surface area contributed by atoms with Crippen molar-refractivity contribution in [3.8, 4) is 5.88 Å². The normalized spacial score (nSPS) is 20.9. The van der Waals surface area contributed by atoms with Gasteiger partial charge in [-0.05, 0) is 58.4 Å². The molecule has 1 amide bonds. The lowest BCUT2D eigenvalue weighted by atomic mass is 9.87. The molecule has 1 aliphatic heterocycles. The van der Waals surface area contributed by atoms with E-state index in [-0.39, 0.29) is 6.10 Å². The fourth-order valence-corrected chi connectivity index (χ4v) is 5.09. The highest BCUT2D eigenvalue weighted by Crippen LogP contribution is 2.33. The van der Waals surface area contributed by atoms with E-state index in [4.69, 9.17) is 19.2 Å². The summed E-state index contributed by atoms with van der Waals surface area (Å²) >= 11 is 0. The maximum absolute atomic E-state index is 12.0. The smallest absolute Gasteiger partial charge is 0.407 e. The maximum atomic E-state index is 12.0. The van der Waals surface area contributed by atoms with Crippen molar-refractivity contribution in [2.75, 3.05) is 48.7 Å². The number of fused-ring (bicyclic) bond motifs is 1. The van der Waals surface area contributed by atoms with E-state index in [9.17, 15) is 13.2 Å². The fraction of sp³-hybridized carbons (Fsp3) is 0.640. The van der Waals surface area contributed by atoms with Crippen molar-refractivity contribution in [1.29, 1.82) is 0 Å². The molecular formula is C25H37N5O6S. The lowest BCUT2D eigenvalue weighted by Gasteiger charge is -2.31. The quantitative estimate of drug-likeness (QED) is 0.548. The van der Waals surface area contributed by atoms with Gasteiger partial charge < -0.3 is 24.4 Å². The summed E-state index contributed by atoms with van der Waals surface area (Å²) in [5.74, 6) is 1.56. The number of nitrogens with zero attached hydrogens (tertiary/aromatic N) is 3. The van der Waals surface area contributed by atoms with Gasteiger partial charge in [0, 0.05) is 25.7 Å². The number of amides is 1.